The number of carbonyl (C=O) groups is 1. The van der Waals surface area contributed by atoms with Gasteiger partial charge in [-0.2, -0.15) is 0 Å². The predicted molar refractivity (Wildman–Crippen MR) is 89.8 cm³/mol. The fraction of sp³-hybridized carbons (Fsp3) is 0.250. The zero-order valence-electron chi connectivity index (χ0n) is 12.4. The monoisotopic (exact) mass is 325 g/mol. The number of nitrogens with zero attached hydrogens (tertiary/aromatic N) is 5. The fourth-order valence-corrected chi connectivity index (χ4v) is 3.34. The summed E-state index contributed by atoms with van der Waals surface area (Å²) in [6, 6.07) is 6.19. The highest BCUT2D eigenvalue weighted by molar-refractivity contribution is 7.07. The third kappa shape index (κ3) is 2.75. The third-order valence-electron chi connectivity index (χ3n) is 4.07. The first-order valence-electron chi connectivity index (χ1n) is 7.43. The molecular formula is C16H15N5OS. The van der Waals surface area contributed by atoms with E-state index in [1.807, 2.05) is 17.2 Å². The lowest BCUT2D eigenvalue weighted by molar-refractivity contribution is 0.0741. The molecule has 4 rings (SSSR count). The van der Waals surface area contributed by atoms with Gasteiger partial charge in [0, 0.05) is 48.8 Å². The van der Waals surface area contributed by atoms with Crippen molar-refractivity contribution >= 4 is 33.8 Å². The molecule has 3 heterocycles. The highest BCUT2D eigenvalue weighted by Gasteiger charge is 2.23. The van der Waals surface area contributed by atoms with E-state index in [0.29, 0.717) is 18.8 Å². The van der Waals surface area contributed by atoms with Gasteiger partial charge in [0.2, 0.25) is 0 Å². The molecule has 0 bridgehead atoms. The number of benzene rings is 1. The molecule has 0 aliphatic carbocycles. The Morgan fingerprint density at radius 2 is 2.00 bits per heavy atom. The molecule has 1 aliphatic heterocycles. The van der Waals surface area contributed by atoms with Crippen LogP contribution in [0.5, 0.6) is 0 Å². The molecule has 0 atom stereocenters. The zero-order chi connectivity index (χ0) is 15.6. The molecule has 1 aromatic carbocycles. The second-order valence-electron chi connectivity index (χ2n) is 5.42. The van der Waals surface area contributed by atoms with Crippen LogP contribution in [-0.2, 0) is 0 Å². The first-order chi connectivity index (χ1) is 11.3. The van der Waals surface area contributed by atoms with Crippen LogP contribution in [0.15, 0.2) is 41.6 Å². The molecule has 6 nitrogen and oxygen atoms in total. The van der Waals surface area contributed by atoms with Crippen molar-refractivity contribution in [1.82, 2.24) is 19.9 Å². The lowest BCUT2D eigenvalue weighted by atomic mass is 10.2. The Hall–Kier alpha value is -2.54. The molecule has 2 aromatic heterocycles. The molecule has 7 heteroatoms. The Labute approximate surface area is 137 Å². The van der Waals surface area contributed by atoms with Crippen molar-refractivity contribution in [1.29, 1.82) is 0 Å². The number of piperazine rings is 1. The molecule has 0 saturated carbocycles. The summed E-state index contributed by atoms with van der Waals surface area (Å²) in [7, 11) is 0. The Bertz CT molecular complexity index is 827. The fourth-order valence-electron chi connectivity index (χ4n) is 2.82. The van der Waals surface area contributed by atoms with Gasteiger partial charge < -0.3 is 9.80 Å². The molecule has 0 unspecified atom stereocenters. The van der Waals surface area contributed by atoms with Crippen molar-refractivity contribution in [3.05, 3.63) is 47.3 Å². The van der Waals surface area contributed by atoms with Crippen LogP contribution in [0.1, 0.15) is 10.5 Å². The molecule has 0 N–H and O–H groups in total. The van der Waals surface area contributed by atoms with Gasteiger partial charge in [-0.3, -0.25) is 4.79 Å². The smallest absolute Gasteiger partial charge is 0.273 e. The van der Waals surface area contributed by atoms with E-state index in [-0.39, 0.29) is 5.91 Å². The Morgan fingerprint density at radius 1 is 1.13 bits per heavy atom. The van der Waals surface area contributed by atoms with Crippen LogP contribution < -0.4 is 4.90 Å². The number of fused-ring (bicyclic) bond motifs is 1. The molecule has 116 valence electrons. The maximum absolute atomic E-state index is 12.3. The summed E-state index contributed by atoms with van der Waals surface area (Å²) in [6.07, 6.45) is 3.39. The quantitative estimate of drug-likeness (QED) is 0.721. The second kappa shape index (κ2) is 5.92. The maximum atomic E-state index is 12.3. The first kappa shape index (κ1) is 14.1. The number of rotatable bonds is 2. The van der Waals surface area contributed by atoms with E-state index >= 15 is 0 Å². The number of carbonyl (C=O) groups excluding carboxylic acids is 1. The Kier molecular flexibility index (Phi) is 3.63. The van der Waals surface area contributed by atoms with Crippen molar-refractivity contribution in [2.45, 2.75) is 0 Å². The standard InChI is InChI=1S/C16H15N5OS/c22-16(15-9-23-11-19-15)21-5-3-20(4-6-21)13-1-2-14-12(7-13)8-17-10-18-14/h1-2,7-11H,3-6H2. The average molecular weight is 325 g/mol. The van der Waals surface area contributed by atoms with Crippen LogP contribution >= 0.6 is 11.3 Å². The largest absolute Gasteiger partial charge is 0.368 e. The van der Waals surface area contributed by atoms with Crippen LogP contribution in [0.25, 0.3) is 10.9 Å². The van der Waals surface area contributed by atoms with Gasteiger partial charge in [0.1, 0.15) is 12.0 Å². The van der Waals surface area contributed by atoms with Crippen LogP contribution in [0, 0.1) is 0 Å². The van der Waals surface area contributed by atoms with E-state index in [1.165, 1.54) is 11.3 Å². The molecule has 23 heavy (non-hydrogen) atoms. The number of hydrogen-bond acceptors (Lipinski definition) is 6. The molecule has 1 amide bonds. The lowest BCUT2D eigenvalue weighted by Crippen LogP contribution is -2.48. The summed E-state index contributed by atoms with van der Waals surface area (Å²) in [5.74, 6) is 0.0258. The van der Waals surface area contributed by atoms with E-state index in [1.54, 1.807) is 17.2 Å². The minimum absolute atomic E-state index is 0.0258. The molecule has 1 aliphatic rings. The van der Waals surface area contributed by atoms with Gasteiger partial charge >= 0.3 is 0 Å². The second-order valence-corrected chi connectivity index (χ2v) is 6.14. The van der Waals surface area contributed by atoms with Gasteiger partial charge in [0.05, 0.1) is 11.0 Å². The molecule has 3 aromatic rings. The third-order valence-corrected chi connectivity index (χ3v) is 4.66. The minimum Gasteiger partial charge on any atom is -0.368 e. The van der Waals surface area contributed by atoms with Crippen molar-refractivity contribution in [2.24, 2.45) is 0 Å². The summed E-state index contributed by atoms with van der Waals surface area (Å²) < 4.78 is 0. The SMILES string of the molecule is O=C(c1cscn1)N1CCN(c2ccc3ncncc3c2)CC1. The predicted octanol–water partition coefficient (Wildman–Crippen LogP) is 2.05. The van der Waals surface area contributed by atoms with E-state index in [0.717, 1.165) is 29.7 Å². The highest BCUT2D eigenvalue weighted by atomic mass is 32.1. The number of amides is 1. The van der Waals surface area contributed by atoms with Crippen LogP contribution in [0.4, 0.5) is 5.69 Å². The molecule has 1 fully saturated rings. The van der Waals surface area contributed by atoms with Gasteiger partial charge in [-0.05, 0) is 18.2 Å². The minimum atomic E-state index is 0.0258. The zero-order valence-corrected chi connectivity index (χ0v) is 13.2. The lowest BCUT2D eigenvalue weighted by Gasteiger charge is -2.35. The number of anilines is 1. The van der Waals surface area contributed by atoms with E-state index < -0.39 is 0 Å². The van der Waals surface area contributed by atoms with Gasteiger partial charge in [0.25, 0.3) is 5.91 Å². The van der Waals surface area contributed by atoms with E-state index in [2.05, 4.69) is 32.0 Å². The number of hydrogen-bond donors (Lipinski definition) is 0. The van der Waals surface area contributed by atoms with Gasteiger partial charge in [-0.15, -0.1) is 11.3 Å². The summed E-state index contributed by atoms with van der Waals surface area (Å²) in [5, 5.41) is 2.84. The van der Waals surface area contributed by atoms with Gasteiger partial charge in [0.15, 0.2) is 0 Å². The normalized spacial score (nSPS) is 15.1. The first-order valence-corrected chi connectivity index (χ1v) is 8.38. The van der Waals surface area contributed by atoms with Gasteiger partial charge in [-0.1, -0.05) is 0 Å². The van der Waals surface area contributed by atoms with Gasteiger partial charge in [-0.25, -0.2) is 15.0 Å². The summed E-state index contributed by atoms with van der Waals surface area (Å²) >= 11 is 1.45. The van der Waals surface area contributed by atoms with Crippen LogP contribution in [-0.4, -0.2) is 51.9 Å². The summed E-state index contributed by atoms with van der Waals surface area (Å²) in [4.78, 5) is 28.9. The maximum Gasteiger partial charge on any atom is 0.273 e. The van der Waals surface area contributed by atoms with E-state index in [9.17, 15) is 4.79 Å². The van der Waals surface area contributed by atoms with Crippen molar-refractivity contribution in [3.8, 4) is 0 Å². The van der Waals surface area contributed by atoms with Crippen LogP contribution in [0.2, 0.25) is 0 Å². The molecule has 0 radical (unpaired) electrons. The highest BCUT2D eigenvalue weighted by Crippen LogP contribution is 2.22. The molecule has 1 saturated heterocycles. The summed E-state index contributed by atoms with van der Waals surface area (Å²) in [6.45, 7) is 3.05. The Balaban J connectivity index is 1.47. The number of aromatic nitrogens is 3. The molecule has 0 spiro atoms. The topological polar surface area (TPSA) is 62.2 Å². The summed E-state index contributed by atoms with van der Waals surface area (Å²) in [5.41, 5.74) is 4.33. The number of thiazole rings is 1. The van der Waals surface area contributed by atoms with Crippen molar-refractivity contribution < 1.29 is 4.79 Å². The Morgan fingerprint density at radius 3 is 2.78 bits per heavy atom. The van der Waals surface area contributed by atoms with Crippen molar-refractivity contribution in [3.63, 3.8) is 0 Å². The van der Waals surface area contributed by atoms with Crippen molar-refractivity contribution in [2.75, 3.05) is 31.1 Å². The van der Waals surface area contributed by atoms with Crippen LogP contribution in [0.3, 0.4) is 0 Å². The molecular weight excluding hydrogens is 310 g/mol. The average Bonchev–Trinajstić information content (AvgIpc) is 3.15. The van der Waals surface area contributed by atoms with E-state index in [4.69, 9.17) is 0 Å².